The van der Waals surface area contributed by atoms with E-state index in [1.165, 1.54) is 49.8 Å². The lowest BCUT2D eigenvalue weighted by Crippen LogP contribution is -2.35. The molecular weight excluding hydrogens is 208 g/mol. The van der Waals surface area contributed by atoms with Crippen molar-refractivity contribution in [3.05, 3.63) is 29.6 Å². The van der Waals surface area contributed by atoms with Gasteiger partial charge in [-0.15, -0.1) is 0 Å². The van der Waals surface area contributed by atoms with E-state index in [0.717, 1.165) is 12.0 Å². The van der Waals surface area contributed by atoms with Crippen LogP contribution in [0.15, 0.2) is 18.3 Å². The molecule has 2 aliphatic carbocycles. The van der Waals surface area contributed by atoms with Gasteiger partial charge < -0.3 is 5.32 Å². The van der Waals surface area contributed by atoms with Gasteiger partial charge in [-0.2, -0.15) is 0 Å². The Morgan fingerprint density at radius 2 is 2.00 bits per heavy atom. The van der Waals surface area contributed by atoms with Crippen molar-refractivity contribution < 1.29 is 0 Å². The van der Waals surface area contributed by atoms with Crippen molar-refractivity contribution in [3.8, 4) is 0 Å². The Labute approximate surface area is 104 Å². The van der Waals surface area contributed by atoms with E-state index in [-0.39, 0.29) is 0 Å². The van der Waals surface area contributed by atoms with E-state index in [2.05, 4.69) is 29.4 Å². The summed E-state index contributed by atoms with van der Waals surface area (Å²) in [5, 5.41) is 3.83. The highest BCUT2D eigenvalue weighted by Crippen LogP contribution is 2.32. The lowest BCUT2D eigenvalue weighted by Gasteiger charge is -2.29. The zero-order chi connectivity index (χ0) is 11.7. The number of fused-ring (bicyclic) bond motifs is 1. The van der Waals surface area contributed by atoms with Crippen molar-refractivity contribution in [2.45, 2.75) is 57.5 Å². The Morgan fingerprint density at radius 1 is 1.18 bits per heavy atom. The third-order valence-corrected chi connectivity index (χ3v) is 4.41. The van der Waals surface area contributed by atoms with Crippen molar-refractivity contribution >= 4 is 0 Å². The van der Waals surface area contributed by atoms with Crippen LogP contribution in [0, 0.1) is 5.92 Å². The van der Waals surface area contributed by atoms with Gasteiger partial charge in [0.25, 0.3) is 0 Å². The number of nitrogens with one attached hydrogen (secondary N) is 1. The number of aryl methyl sites for hydroxylation is 1. The molecule has 0 radical (unpaired) electrons. The summed E-state index contributed by atoms with van der Waals surface area (Å²) >= 11 is 0. The molecule has 0 spiro atoms. The van der Waals surface area contributed by atoms with Crippen LogP contribution in [0.5, 0.6) is 0 Å². The van der Waals surface area contributed by atoms with E-state index in [1.807, 2.05) is 6.20 Å². The average molecular weight is 230 g/mol. The van der Waals surface area contributed by atoms with Crippen molar-refractivity contribution in [2.75, 3.05) is 0 Å². The van der Waals surface area contributed by atoms with Crippen LogP contribution in [0.25, 0.3) is 0 Å². The fraction of sp³-hybridized carbons (Fsp3) is 0.667. The molecule has 1 heterocycles. The maximum atomic E-state index is 4.56. The standard InChI is InChI=1S/C15H22N2/c1-11-4-7-13(8-5-11)17-14-9-6-12-3-2-10-16-15(12)14/h2-3,10-11,13-14,17H,4-9H2,1H3. The third-order valence-electron chi connectivity index (χ3n) is 4.41. The lowest BCUT2D eigenvalue weighted by atomic mass is 9.87. The molecule has 1 saturated carbocycles. The molecule has 1 N–H and O–H groups in total. The predicted molar refractivity (Wildman–Crippen MR) is 69.9 cm³/mol. The highest BCUT2D eigenvalue weighted by Gasteiger charge is 2.27. The minimum atomic E-state index is 0.518. The molecule has 0 amide bonds. The number of hydrogen-bond acceptors (Lipinski definition) is 2. The highest BCUT2D eigenvalue weighted by atomic mass is 15.0. The summed E-state index contributed by atoms with van der Waals surface area (Å²) < 4.78 is 0. The van der Waals surface area contributed by atoms with Crippen LogP contribution in [-0.2, 0) is 6.42 Å². The molecule has 1 aromatic rings. The molecule has 92 valence electrons. The molecular formula is C15H22N2. The number of nitrogens with zero attached hydrogens (tertiary/aromatic N) is 1. The van der Waals surface area contributed by atoms with Crippen LogP contribution >= 0.6 is 0 Å². The second-order valence-corrected chi connectivity index (χ2v) is 5.76. The van der Waals surface area contributed by atoms with Crippen molar-refractivity contribution in [3.63, 3.8) is 0 Å². The average Bonchev–Trinajstić information content (AvgIpc) is 2.76. The molecule has 2 heteroatoms. The van der Waals surface area contributed by atoms with E-state index < -0.39 is 0 Å². The smallest absolute Gasteiger partial charge is 0.0605 e. The van der Waals surface area contributed by atoms with Crippen LogP contribution < -0.4 is 5.32 Å². The Morgan fingerprint density at radius 3 is 2.82 bits per heavy atom. The summed E-state index contributed by atoms with van der Waals surface area (Å²) in [4.78, 5) is 4.56. The van der Waals surface area contributed by atoms with Gasteiger partial charge in [0, 0.05) is 12.2 Å². The van der Waals surface area contributed by atoms with Crippen LogP contribution in [-0.4, -0.2) is 11.0 Å². The van der Waals surface area contributed by atoms with Gasteiger partial charge in [-0.3, -0.25) is 4.98 Å². The van der Waals surface area contributed by atoms with Gasteiger partial charge in [-0.25, -0.2) is 0 Å². The number of hydrogen-bond donors (Lipinski definition) is 1. The van der Waals surface area contributed by atoms with Gasteiger partial charge in [-0.1, -0.05) is 13.0 Å². The minimum absolute atomic E-state index is 0.518. The highest BCUT2D eigenvalue weighted by molar-refractivity contribution is 5.28. The molecule has 3 rings (SSSR count). The lowest BCUT2D eigenvalue weighted by molar-refractivity contribution is 0.285. The van der Waals surface area contributed by atoms with E-state index in [4.69, 9.17) is 0 Å². The molecule has 0 aliphatic heterocycles. The van der Waals surface area contributed by atoms with Crippen molar-refractivity contribution in [2.24, 2.45) is 5.92 Å². The SMILES string of the molecule is CC1CCC(NC2CCc3cccnc32)CC1. The van der Waals surface area contributed by atoms with Gasteiger partial charge in [0.2, 0.25) is 0 Å². The largest absolute Gasteiger partial charge is 0.306 e. The van der Waals surface area contributed by atoms with Gasteiger partial charge >= 0.3 is 0 Å². The van der Waals surface area contributed by atoms with E-state index in [1.54, 1.807) is 0 Å². The fourth-order valence-corrected chi connectivity index (χ4v) is 3.29. The van der Waals surface area contributed by atoms with Gasteiger partial charge in [0.1, 0.15) is 0 Å². The first-order valence-corrected chi connectivity index (χ1v) is 7.03. The molecule has 0 saturated heterocycles. The maximum absolute atomic E-state index is 4.56. The van der Waals surface area contributed by atoms with Crippen LogP contribution in [0.2, 0.25) is 0 Å². The minimum Gasteiger partial charge on any atom is -0.306 e. The fourth-order valence-electron chi connectivity index (χ4n) is 3.29. The summed E-state index contributed by atoms with van der Waals surface area (Å²) in [6.45, 7) is 2.38. The van der Waals surface area contributed by atoms with Crippen molar-refractivity contribution in [1.82, 2.24) is 10.3 Å². The van der Waals surface area contributed by atoms with Gasteiger partial charge in [0.15, 0.2) is 0 Å². The van der Waals surface area contributed by atoms with Gasteiger partial charge in [-0.05, 0) is 56.1 Å². The topological polar surface area (TPSA) is 24.9 Å². The van der Waals surface area contributed by atoms with Crippen LogP contribution in [0.4, 0.5) is 0 Å². The maximum Gasteiger partial charge on any atom is 0.0605 e. The molecule has 17 heavy (non-hydrogen) atoms. The monoisotopic (exact) mass is 230 g/mol. The van der Waals surface area contributed by atoms with Gasteiger partial charge in [0.05, 0.1) is 11.7 Å². The zero-order valence-electron chi connectivity index (χ0n) is 10.7. The Kier molecular flexibility index (Phi) is 3.15. The molecule has 2 aliphatic rings. The number of aromatic nitrogens is 1. The molecule has 0 aromatic carbocycles. The molecule has 1 fully saturated rings. The zero-order valence-corrected chi connectivity index (χ0v) is 10.7. The normalized spacial score (nSPS) is 32.4. The van der Waals surface area contributed by atoms with E-state index in [0.29, 0.717) is 6.04 Å². The first kappa shape index (κ1) is 11.2. The second kappa shape index (κ2) is 4.77. The van der Waals surface area contributed by atoms with E-state index in [9.17, 15) is 0 Å². The molecule has 1 aromatic heterocycles. The summed E-state index contributed by atoms with van der Waals surface area (Å²) in [5.41, 5.74) is 2.76. The third kappa shape index (κ3) is 2.37. The van der Waals surface area contributed by atoms with Crippen LogP contribution in [0.3, 0.4) is 0 Å². The molecule has 1 atom stereocenters. The quantitative estimate of drug-likeness (QED) is 0.843. The molecule has 1 unspecified atom stereocenters. The molecule has 2 nitrogen and oxygen atoms in total. The number of rotatable bonds is 2. The summed E-state index contributed by atoms with van der Waals surface area (Å²) in [6.07, 6.45) is 9.84. The predicted octanol–water partition coefficient (Wildman–Crippen LogP) is 3.24. The number of pyridine rings is 1. The second-order valence-electron chi connectivity index (χ2n) is 5.76. The first-order chi connectivity index (χ1) is 8.33. The Bertz CT molecular complexity index is 380. The Hall–Kier alpha value is -0.890. The van der Waals surface area contributed by atoms with Crippen LogP contribution in [0.1, 0.15) is 56.3 Å². The van der Waals surface area contributed by atoms with Crippen molar-refractivity contribution in [1.29, 1.82) is 0 Å². The molecule has 0 bridgehead atoms. The summed E-state index contributed by atoms with van der Waals surface area (Å²) in [6, 6.07) is 5.53. The van der Waals surface area contributed by atoms with E-state index >= 15 is 0 Å². The first-order valence-electron chi connectivity index (χ1n) is 7.03. The summed E-state index contributed by atoms with van der Waals surface area (Å²) in [5.74, 6) is 0.932. The summed E-state index contributed by atoms with van der Waals surface area (Å²) in [7, 11) is 0. The Balaban J connectivity index is 1.64.